The fourth-order valence-electron chi connectivity index (χ4n) is 1.84. The molecule has 2 rings (SSSR count). The van der Waals surface area contributed by atoms with Crippen LogP contribution in [-0.4, -0.2) is 22.3 Å². The number of nitrogens with zero attached hydrogens (tertiary/aromatic N) is 3. The highest BCUT2D eigenvalue weighted by Gasteiger charge is 2.18. The van der Waals surface area contributed by atoms with E-state index in [0.717, 1.165) is 5.56 Å². The zero-order valence-corrected chi connectivity index (χ0v) is 11.6. The minimum Gasteiger partial charge on any atom is -0.496 e. The first-order valence-corrected chi connectivity index (χ1v) is 6.05. The van der Waals surface area contributed by atoms with Crippen molar-refractivity contribution in [3.8, 4) is 17.0 Å². The topological polar surface area (TPSA) is 73.9 Å². The zero-order valence-electron chi connectivity index (χ0n) is 11.6. The van der Waals surface area contributed by atoms with Crippen molar-refractivity contribution < 1.29 is 4.74 Å². The summed E-state index contributed by atoms with van der Waals surface area (Å²) in [6, 6.07) is 5.99. The molecule has 0 saturated carbocycles. The van der Waals surface area contributed by atoms with Crippen LogP contribution in [0.4, 0.5) is 5.82 Å². The van der Waals surface area contributed by atoms with Crippen molar-refractivity contribution in [1.29, 1.82) is 0 Å². The van der Waals surface area contributed by atoms with Gasteiger partial charge in [0.05, 0.1) is 7.11 Å². The van der Waals surface area contributed by atoms with E-state index in [1.165, 1.54) is 11.9 Å². The summed E-state index contributed by atoms with van der Waals surface area (Å²) in [7, 11) is 1.62. The summed E-state index contributed by atoms with van der Waals surface area (Å²) < 4.78 is 5.37. The van der Waals surface area contributed by atoms with Gasteiger partial charge in [-0.25, -0.2) is 4.98 Å². The van der Waals surface area contributed by atoms with E-state index in [1.807, 2.05) is 18.2 Å². The normalized spacial score (nSPS) is 11.4. The Morgan fingerprint density at radius 3 is 2.53 bits per heavy atom. The molecule has 2 aromatic rings. The molecule has 1 heterocycles. The Kier molecular flexibility index (Phi) is 3.38. The van der Waals surface area contributed by atoms with E-state index in [-0.39, 0.29) is 5.41 Å². The molecule has 0 amide bonds. The van der Waals surface area contributed by atoms with Crippen LogP contribution < -0.4 is 10.5 Å². The number of aromatic nitrogens is 3. The van der Waals surface area contributed by atoms with Crippen LogP contribution in [0.25, 0.3) is 11.3 Å². The van der Waals surface area contributed by atoms with Crippen LogP contribution in [-0.2, 0) is 5.41 Å². The number of rotatable bonds is 2. The van der Waals surface area contributed by atoms with Gasteiger partial charge in [0, 0.05) is 5.56 Å². The number of ether oxygens (including phenoxy) is 1. The zero-order chi connectivity index (χ0) is 14.0. The molecule has 2 N–H and O–H groups in total. The fourth-order valence-corrected chi connectivity index (χ4v) is 1.84. The highest BCUT2D eigenvalue weighted by atomic mass is 16.5. The molecule has 5 heteroatoms. The van der Waals surface area contributed by atoms with Crippen molar-refractivity contribution in [3.63, 3.8) is 0 Å². The molecule has 0 saturated heterocycles. The molecular weight excluding hydrogens is 240 g/mol. The lowest BCUT2D eigenvalue weighted by Gasteiger charge is -2.21. The first kappa shape index (κ1) is 13.3. The van der Waals surface area contributed by atoms with Gasteiger partial charge in [-0.15, -0.1) is 10.2 Å². The Morgan fingerprint density at radius 1 is 1.21 bits per heavy atom. The van der Waals surface area contributed by atoms with E-state index in [2.05, 4.69) is 36.0 Å². The van der Waals surface area contributed by atoms with E-state index in [9.17, 15) is 0 Å². The number of nitrogens with two attached hydrogens (primary N) is 1. The minimum absolute atomic E-state index is 0.0332. The molecule has 1 aromatic heterocycles. The summed E-state index contributed by atoms with van der Waals surface area (Å²) in [5.74, 6) is 1.06. The van der Waals surface area contributed by atoms with Crippen LogP contribution in [0.5, 0.6) is 5.75 Å². The minimum atomic E-state index is 0.0332. The van der Waals surface area contributed by atoms with E-state index >= 15 is 0 Å². The van der Waals surface area contributed by atoms with E-state index in [1.54, 1.807) is 7.11 Å². The fraction of sp³-hybridized carbons (Fsp3) is 0.357. The highest BCUT2D eigenvalue weighted by molar-refractivity contribution is 5.75. The van der Waals surface area contributed by atoms with Gasteiger partial charge in [-0.3, -0.25) is 0 Å². The number of nitrogen functional groups attached to an aromatic ring is 1. The van der Waals surface area contributed by atoms with Gasteiger partial charge in [0.2, 0.25) is 0 Å². The molecule has 0 fully saturated rings. The van der Waals surface area contributed by atoms with Crippen molar-refractivity contribution in [3.05, 3.63) is 30.1 Å². The van der Waals surface area contributed by atoms with Crippen LogP contribution in [0.2, 0.25) is 0 Å². The molecule has 0 aliphatic heterocycles. The largest absolute Gasteiger partial charge is 0.496 e. The SMILES string of the molecule is COc1ccc(C(C)(C)C)cc1-c1nncnc1N. The molecule has 0 unspecified atom stereocenters. The third kappa shape index (κ3) is 2.65. The van der Waals surface area contributed by atoms with Crippen molar-refractivity contribution >= 4 is 5.82 Å². The second kappa shape index (κ2) is 4.84. The first-order valence-electron chi connectivity index (χ1n) is 6.05. The molecular formula is C14H18N4O. The van der Waals surface area contributed by atoms with Gasteiger partial charge in [-0.1, -0.05) is 26.8 Å². The summed E-state index contributed by atoms with van der Waals surface area (Å²) in [4.78, 5) is 3.97. The third-order valence-electron chi connectivity index (χ3n) is 2.97. The van der Waals surface area contributed by atoms with Gasteiger partial charge in [-0.05, 0) is 23.1 Å². The molecule has 0 atom stereocenters. The van der Waals surface area contributed by atoms with Gasteiger partial charge in [0.1, 0.15) is 17.8 Å². The Labute approximate surface area is 112 Å². The highest BCUT2D eigenvalue weighted by Crippen LogP contribution is 2.35. The Bertz CT molecular complexity index is 590. The molecule has 0 radical (unpaired) electrons. The first-order chi connectivity index (χ1) is 8.93. The van der Waals surface area contributed by atoms with Crippen LogP contribution in [0.3, 0.4) is 0 Å². The molecule has 0 bridgehead atoms. The molecule has 1 aromatic carbocycles. The Morgan fingerprint density at radius 2 is 1.95 bits per heavy atom. The van der Waals surface area contributed by atoms with Crippen LogP contribution in [0, 0.1) is 0 Å². The number of benzene rings is 1. The van der Waals surface area contributed by atoms with E-state index < -0.39 is 0 Å². The summed E-state index contributed by atoms with van der Waals surface area (Å²) in [5, 5.41) is 7.86. The third-order valence-corrected chi connectivity index (χ3v) is 2.97. The number of anilines is 1. The number of hydrogen-bond donors (Lipinski definition) is 1. The molecule has 5 nitrogen and oxygen atoms in total. The molecule has 0 aliphatic carbocycles. The number of hydrogen-bond acceptors (Lipinski definition) is 5. The number of methoxy groups -OCH3 is 1. The average Bonchev–Trinajstić information content (AvgIpc) is 2.37. The predicted octanol–water partition coefficient (Wildman–Crippen LogP) is 2.43. The van der Waals surface area contributed by atoms with Crippen LogP contribution in [0.1, 0.15) is 26.3 Å². The van der Waals surface area contributed by atoms with Gasteiger partial charge in [0.15, 0.2) is 5.82 Å². The Hall–Kier alpha value is -2.17. The van der Waals surface area contributed by atoms with Gasteiger partial charge in [-0.2, -0.15) is 0 Å². The quantitative estimate of drug-likeness (QED) is 0.895. The second-order valence-corrected chi connectivity index (χ2v) is 5.36. The molecule has 19 heavy (non-hydrogen) atoms. The summed E-state index contributed by atoms with van der Waals surface area (Å²) in [6.07, 6.45) is 1.33. The lowest BCUT2D eigenvalue weighted by Crippen LogP contribution is -2.11. The molecule has 0 aliphatic rings. The molecule has 100 valence electrons. The maximum absolute atomic E-state index is 5.87. The van der Waals surface area contributed by atoms with Gasteiger partial charge >= 0.3 is 0 Å². The Balaban J connectivity index is 2.64. The van der Waals surface area contributed by atoms with E-state index in [0.29, 0.717) is 17.3 Å². The second-order valence-electron chi connectivity index (χ2n) is 5.36. The summed E-state index contributed by atoms with van der Waals surface area (Å²) in [5.41, 5.74) is 8.43. The lowest BCUT2D eigenvalue weighted by atomic mass is 9.85. The standard InChI is InChI=1S/C14H18N4O/c1-14(2,3)9-5-6-11(19-4)10(7-9)12-13(15)16-8-17-18-12/h5-8H,1-4H3,(H2,15,16,17). The maximum Gasteiger partial charge on any atom is 0.153 e. The maximum atomic E-state index is 5.87. The van der Waals surface area contributed by atoms with Crippen molar-refractivity contribution in [2.75, 3.05) is 12.8 Å². The van der Waals surface area contributed by atoms with Crippen LogP contribution in [0.15, 0.2) is 24.5 Å². The summed E-state index contributed by atoms with van der Waals surface area (Å²) >= 11 is 0. The van der Waals surface area contributed by atoms with Gasteiger partial charge < -0.3 is 10.5 Å². The molecule has 0 spiro atoms. The average molecular weight is 258 g/mol. The monoisotopic (exact) mass is 258 g/mol. The van der Waals surface area contributed by atoms with Gasteiger partial charge in [0.25, 0.3) is 0 Å². The predicted molar refractivity (Wildman–Crippen MR) is 74.9 cm³/mol. The lowest BCUT2D eigenvalue weighted by molar-refractivity contribution is 0.415. The van der Waals surface area contributed by atoms with Crippen molar-refractivity contribution in [2.24, 2.45) is 0 Å². The van der Waals surface area contributed by atoms with Crippen molar-refractivity contribution in [2.45, 2.75) is 26.2 Å². The smallest absolute Gasteiger partial charge is 0.153 e. The van der Waals surface area contributed by atoms with E-state index in [4.69, 9.17) is 10.5 Å². The summed E-state index contributed by atoms with van der Waals surface area (Å²) in [6.45, 7) is 6.45. The van der Waals surface area contributed by atoms with Crippen molar-refractivity contribution in [1.82, 2.24) is 15.2 Å². The van der Waals surface area contributed by atoms with Crippen LogP contribution >= 0.6 is 0 Å².